The van der Waals surface area contributed by atoms with E-state index in [2.05, 4.69) is 20.4 Å². The summed E-state index contributed by atoms with van der Waals surface area (Å²) < 4.78 is 10.6. The Kier molecular flexibility index (Phi) is 4.21. The minimum Gasteiger partial charge on any atom is -0.456 e. The number of esters is 2. The fraction of sp³-hybridized carbons (Fsp3) is 0.750. The molecule has 0 amide bonds. The summed E-state index contributed by atoms with van der Waals surface area (Å²) in [6.45, 7) is 8.93. The Labute approximate surface area is 120 Å². The Hall–Kier alpha value is -1.32. The summed E-state index contributed by atoms with van der Waals surface area (Å²) in [5, 5.41) is 0. The van der Waals surface area contributed by atoms with Crippen molar-refractivity contribution >= 4 is 11.9 Å². The molecule has 3 unspecified atom stereocenters. The van der Waals surface area contributed by atoms with E-state index >= 15 is 0 Å². The van der Waals surface area contributed by atoms with Crippen LogP contribution in [0.3, 0.4) is 0 Å². The molecule has 3 atom stereocenters. The third-order valence-electron chi connectivity index (χ3n) is 4.79. The van der Waals surface area contributed by atoms with E-state index in [0.717, 1.165) is 19.3 Å². The van der Waals surface area contributed by atoms with Crippen LogP contribution in [0.25, 0.3) is 0 Å². The Morgan fingerprint density at radius 3 is 2.50 bits per heavy atom. The monoisotopic (exact) mass is 280 g/mol. The number of hydrogen-bond acceptors (Lipinski definition) is 4. The molecule has 0 aromatic heterocycles. The molecule has 2 aliphatic carbocycles. The van der Waals surface area contributed by atoms with E-state index < -0.39 is 11.9 Å². The Balaban J connectivity index is 1.94. The molecule has 0 radical (unpaired) electrons. The van der Waals surface area contributed by atoms with Gasteiger partial charge >= 0.3 is 11.9 Å². The molecule has 2 aliphatic rings. The molecule has 2 saturated carbocycles. The molecule has 20 heavy (non-hydrogen) atoms. The Bertz CT molecular complexity index is 426. The van der Waals surface area contributed by atoms with Gasteiger partial charge in [0.25, 0.3) is 0 Å². The lowest BCUT2D eigenvalue weighted by molar-refractivity contribution is -0.180. The van der Waals surface area contributed by atoms with E-state index in [1.54, 1.807) is 6.92 Å². The third-order valence-corrected chi connectivity index (χ3v) is 4.79. The van der Waals surface area contributed by atoms with Gasteiger partial charge in [-0.15, -0.1) is 0 Å². The minimum atomic E-state index is -0.548. The summed E-state index contributed by atoms with van der Waals surface area (Å²) in [6.07, 6.45) is 4.51. The van der Waals surface area contributed by atoms with Gasteiger partial charge in [0.1, 0.15) is 5.60 Å². The van der Waals surface area contributed by atoms with Gasteiger partial charge in [-0.1, -0.05) is 20.4 Å². The Morgan fingerprint density at radius 1 is 1.35 bits per heavy atom. The SMILES string of the molecule is C=C(C)C(=O)OCC(=O)OC1(C(C)C)CC2CCC1C2. The first kappa shape index (κ1) is 15.1. The normalized spacial score (nSPS) is 31.4. The van der Waals surface area contributed by atoms with Crippen LogP contribution in [0.4, 0.5) is 0 Å². The van der Waals surface area contributed by atoms with E-state index in [0.29, 0.717) is 17.8 Å². The Morgan fingerprint density at radius 2 is 2.05 bits per heavy atom. The van der Waals surface area contributed by atoms with Crippen LogP contribution in [0.2, 0.25) is 0 Å². The minimum absolute atomic E-state index is 0.288. The molecular weight excluding hydrogens is 256 g/mol. The smallest absolute Gasteiger partial charge is 0.344 e. The quantitative estimate of drug-likeness (QED) is 0.574. The molecule has 4 nitrogen and oxygen atoms in total. The van der Waals surface area contributed by atoms with Crippen molar-refractivity contribution in [3.63, 3.8) is 0 Å². The van der Waals surface area contributed by atoms with Crippen molar-refractivity contribution in [3.8, 4) is 0 Å². The second-order valence-electron chi connectivity index (χ2n) is 6.52. The zero-order valence-corrected chi connectivity index (χ0v) is 12.6. The van der Waals surface area contributed by atoms with Crippen LogP contribution in [0.15, 0.2) is 12.2 Å². The number of fused-ring (bicyclic) bond motifs is 2. The van der Waals surface area contributed by atoms with Crippen molar-refractivity contribution in [2.75, 3.05) is 6.61 Å². The maximum absolute atomic E-state index is 12.0. The maximum atomic E-state index is 12.0. The lowest BCUT2D eigenvalue weighted by Gasteiger charge is -2.40. The predicted molar refractivity (Wildman–Crippen MR) is 74.9 cm³/mol. The number of hydrogen-bond donors (Lipinski definition) is 0. The molecule has 0 N–H and O–H groups in total. The fourth-order valence-electron chi connectivity index (χ4n) is 3.76. The molecule has 0 heterocycles. The molecule has 0 aromatic carbocycles. The van der Waals surface area contributed by atoms with Gasteiger partial charge in [0.2, 0.25) is 0 Å². The third kappa shape index (κ3) is 2.74. The molecule has 2 fully saturated rings. The molecule has 0 saturated heterocycles. The van der Waals surface area contributed by atoms with Crippen molar-refractivity contribution in [2.45, 2.75) is 52.1 Å². The number of carbonyl (C=O) groups excluding carboxylic acids is 2. The topological polar surface area (TPSA) is 52.6 Å². The lowest BCUT2D eigenvalue weighted by Crippen LogP contribution is -2.46. The van der Waals surface area contributed by atoms with E-state index in [9.17, 15) is 9.59 Å². The maximum Gasteiger partial charge on any atom is 0.344 e. The van der Waals surface area contributed by atoms with Crippen LogP contribution in [-0.2, 0) is 19.1 Å². The highest BCUT2D eigenvalue weighted by molar-refractivity contribution is 5.88. The second-order valence-corrected chi connectivity index (χ2v) is 6.52. The summed E-state index contributed by atoms with van der Waals surface area (Å²) in [6, 6.07) is 0. The number of ether oxygens (including phenoxy) is 2. The van der Waals surface area contributed by atoms with Crippen LogP contribution >= 0.6 is 0 Å². The van der Waals surface area contributed by atoms with E-state index in [-0.39, 0.29) is 17.8 Å². The van der Waals surface area contributed by atoms with Crippen molar-refractivity contribution < 1.29 is 19.1 Å². The molecule has 0 aliphatic heterocycles. The molecular formula is C16H24O4. The standard InChI is InChI=1S/C16H24O4/c1-10(2)15(18)19-9-14(17)20-16(11(3)4)8-12-5-6-13(16)7-12/h11-13H,1,5-9H2,2-4H3. The zero-order valence-electron chi connectivity index (χ0n) is 12.6. The lowest BCUT2D eigenvalue weighted by atomic mass is 9.76. The van der Waals surface area contributed by atoms with Gasteiger partial charge in [0.15, 0.2) is 6.61 Å². The van der Waals surface area contributed by atoms with E-state index in [4.69, 9.17) is 9.47 Å². The van der Waals surface area contributed by atoms with Gasteiger partial charge in [-0.25, -0.2) is 9.59 Å². The van der Waals surface area contributed by atoms with Crippen LogP contribution in [0.1, 0.15) is 46.5 Å². The van der Waals surface area contributed by atoms with Crippen LogP contribution in [0.5, 0.6) is 0 Å². The largest absolute Gasteiger partial charge is 0.456 e. The fourth-order valence-corrected chi connectivity index (χ4v) is 3.76. The summed E-state index contributed by atoms with van der Waals surface area (Å²) >= 11 is 0. The van der Waals surface area contributed by atoms with Gasteiger partial charge in [-0.3, -0.25) is 0 Å². The van der Waals surface area contributed by atoms with Gasteiger partial charge < -0.3 is 9.47 Å². The first-order chi connectivity index (χ1) is 9.35. The first-order valence-corrected chi connectivity index (χ1v) is 7.39. The molecule has 4 heteroatoms. The summed E-state index contributed by atoms with van der Waals surface area (Å²) in [7, 11) is 0. The average molecular weight is 280 g/mol. The molecule has 0 aromatic rings. The van der Waals surface area contributed by atoms with Crippen molar-refractivity contribution in [3.05, 3.63) is 12.2 Å². The van der Waals surface area contributed by atoms with Gasteiger partial charge in [0.05, 0.1) is 0 Å². The van der Waals surface area contributed by atoms with Gasteiger partial charge in [0, 0.05) is 5.57 Å². The highest BCUT2D eigenvalue weighted by atomic mass is 16.6. The van der Waals surface area contributed by atoms with Gasteiger partial charge in [-0.05, 0) is 50.4 Å². The van der Waals surface area contributed by atoms with Crippen LogP contribution in [0, 0.1) is 17.8 Å². The summed E-state index contributed by atoms with van der Waals surface area (Å²) in [4.78, 5) is 23.3. The average Bonchev–Trinajstić information content (AvgIpc) is 2.96. The van der Waals surface area contributed by atoms with E-state index in [1.807, 2.05) is 0 Å². The number of rotatable bonds is 5. The first-order valence-electron chi connectivity index (χ1n) is 7.39. The summed E-state index contributed by atoms with van der Waals surface area (Å²) in [5.41, 5.74) is -0.0633. The summed E-state index contributed by atoms with van der Waals surface area (Å²) in [5.74, 6) is 0.453. The van der Waals surface area contributed by atoms with Crippen LogP contribution < -0.4 is 0 Å². The highest BCUT2D eigenvalue weighted by Crippen LogP contribution is 2.55. The van der Waals surface area contributed by atoms with Crippen molar-refractivity contribution in [1.29, 1.82) is 0 Å². The molecule has 0 spiro atoms. The van der Waals surface area contributed by atoms with Crippen LogP contribution in [-0.4, -0.2) is 24.1 Å². The van der Waals surface area contributed by atoms with E-state index in [1.165, 1.54) is 6.42 Å². The van der Waals surface area contributed by atoms with Gasteiger partial charge in [-0.2, -0.15) is 0 Å². The molecule has 2 rings (SSSR count). The second kappa shape index (κ2) is 5.58. The highest BCUT2D eigenvalue weighted by Gasteiger charge is 2.55. The van der Waals surface area contributed by atoms with Crippen molar-refractivity contribution in [2.24, 2.45) is 17.8 Å². The predicted octanol–water partition coefficient (Wildman–Crippen LogP) is 2.86. The number of carbonyl (C=O) groups is 2. The molecule has 112 valence electrons. The molecule has 2 bridgehead atoms. The zero-order chi connectivity index (χ0) is 14.9. The van der Waals surface area contributed by atoms with Crippen molar-refractivity contribution in [1.82, 2.24) is 0 Å².